The first-order valence-electron chi connectivity index (χ1n) is 5.59. The fourth-order valence-corrected chi connectivity index (χ4v) is 2.57. The highest BCUT2D eigenvalue weighted by molar-refractivity contribution is 9.10. The van der Waals surface area contributed by atoms with Crippen molar-refractivity contribution < 1.29 is 9.72 Å². The van der Waals surface area contributed by atoms with Gasteiger partial charge in [-0.3, -0.25) is 14.9 Å². The van der Waals surface area contributed by atoms with Crippen LogP contribution in [0.1, 0.15) is 10.4 Å². The Kier molecular flexibility index (Phi) is 4.82. The zero-order chi connectivity index (χ0) is 15.6. The smallest absolute Gasteiger partial charge is 0.270 e. The Morgan fingerprint density at radius 3 is 2.52 bits per heavy atom. The Balaban J connectivity index is 2.32. The quantitative estimate of drug-likeness (QED) is 0.598. The Morgan fingerprint density at radius 2 is 1.90 bits per heavy atom. The van der Waals surface area contributed by atoms with Gasteiger partial charge in [-0.15, -0.1) is 0 Å². The molecule has 0 saturated heterocycles. The zero-order valence-electron chi connectivity index (χ0n) is 10.3. The highest BCUT2D eigenvalue weighted by Crippen LogP contribution is 2.28. The zero-order valence-corrected chi connectivity index (χ0v) is 13.4. The molecule has 0 heterocycles. The predicted octanol–water partition coefficient (Wildman–Crippen LogP) is 4.92. The van der Waals surface area contributed by atoms with Crippen LogP contribution < -0.4 is 5.32 Å². The molecule has 2 aromatic rings. The maximum absolute atomic E-state index is 12.2. The number of benzene rings is 2. The third-order valence-electron chi connectivity index (χ3n) is 2.58. The average Bonchev–Trinajstić information content (AvgIpc) is 2.42. The number of halogens is 3. The molecule has 0 bridgehead atoms. The van der Waals surface area contributed by atoms with Gasteiger partial charge in [0.25, 0.3) is 11.6 Å². The minimum absolute atomic E-state index is 0.0210. The van der Waals surface area contributed by atoms with E-state index in [9.17, 15) is 14.9 Å². The van der Waals surface area contributed by atoms with Gasteiger partial charge in [0.1, 0.15) is 0 Å². The predicted molar refractivity (Wildman–Crippen MR) is 85.2 cm³/mol. The number of rotatable bonds is 3. The summed E-state index contributed by atoms with van der Waals surface area (Å²) in [7, 11) is 0. The molecular weight excluding hydrogens is 383 g/mol. The number of anilines is 1. The van der Waals surface area contributed by atoms with Crippen LogP contribution in [0, 0.1) is 10.1 Å². The van der Waals surface area contributed by atoms with E-state index in [2.05, 4.69) is 21.2 Å². The summed E-state index contributed by atoms with van der Waals surface area (Å²) in [6.07, 6.45) is 0. The fraction of sp³-hybridized carbons (Fsp3) is 0. The van der Waals surface area contributed by atoms with Gasteiger partial charge in [-0.1, -0.05) is 23.2 Å². The molecule has 0 spiro atoms. The number of nitrogens with one attached hydrogen (secondary N) is 1. The van der Waals surface area contributed by atoms with Gasteiger partial charge >= 0.3 is 0 Å². The number of carbonyl (C=O) groups excluding carboxylic acids is 1. The van der Waals surface area contributed by atoms with E-state index >= 15 is 0 Å². The number of amides is 1. The summed E-state index contributed by atoms with van der Waals surface area (Å²) in [5, 5.41) is 14.0. The first-order valence-corrected chi connectivity index (χ1v) is 7.13. The van der Waals surface area contributed by atoms with Gasteiger partial charge in [0.2, 0.25) is 0 Å². The van der Waals surface area contributed by atoms with Gasteiger partial charge < -0.3 is 5.32 Å². The molecule has 0 aliphatic heterocycles. The normalized spacial score (nSPS) is 10.2. The number of carbonyl (C=O) groups is 1. The molecule has 21 heavy (non-hydrogen) atoms. The van der Waals surface area contributed by atoms with Crippen molar-refractivity contribution in [2.75, 3.05) is 5.32 Å². The van der Waals surface area contributed by atoms with Crippen molar-refractivity contribution in [1.29, 1.82) is 0 Å². The van der Waals surface area contributed by atoms with Crippen molar-refractivity contribution in [1.82, 2.24) is 0 Å². The van der Waals surface area contributed by atoms with Crippen LogP contribution in [-0.4, -0.2) is 10.8 Å². The third-order valence-corrected chi connectivity index (χ3v) is 3.81. The summed E-state index contributed by atoms with van der Waals surface area (Å²) in [6, 6.07) is 8.50. The lowest BCUT2D eigenvalue weighted by Gasteiger charge is -2.08. The molecule has 5 nitrogen and oxygen atoms in total. The van der Waals surface area contributed by atoms with Crippen molar-refractivity contribution in [2.24, 2.45) is 0 Å². The van der Waals surface area contributed by atoms with E-state index in [1.807, 2.05) is 0 Å². The number of non-ortho nitro benzene ring substituents is 1. The molecule has 8 heteroatoms. The standard InChI is InChI=1S/C13H7BrCl2N2O3/c14-10-5-7(15)1-4-12(10)17-13(19)9-6-8(18(20)21)2-3-11(9)16/h1-6H,(H,17,19). The molecule has 2 aromatic carbocycles. The lowest BCUT2D eigenvalue weighted by Crippen LogP contribution is -2.13. The molecule has 0 saturated carbocycles. The highest BCUT2D eigenvalue weighted by Gasteiger charge is 2.16. The van der Waals surface area contributed by atoms with E-state index in [0.29, 0.717) is 15.2 Å². The van der Waals surface area contributed by atoms with Gasteiger partial charge in [-0.05, 0) is 40.2 Å². The van der Waals surface area contributed by atoms with Gasteiger partial charge in [0.05, 0.1) is 21.2 Å². The summed E-state index contributed by atoms with van der Waals surface area (Å²) in [5.74, 6) is -0.549. The molecular formula is C13H7BrCl2N2O3. The first kappa shape index (κ1) is 15.8. The number of hydrogen-bond acceptors (Lipinski definition) is 3. The Labute approximate surface area is 138 Å². The molecule has 1 N–H and O–H groups in total. The van der Waals surface area contributed by atoms with E-state index in [4.69, 9.17) is 23.2 Å². The van der Waals surface area contributed by atoms with Crippen molar-refractivity contribution in [3.63, 3.8) is 0 Å². The molecule has 0 atom stereocenters. The lowest BCUT2D eigenvalue weighted by molar-refractivity contribution is -0.384. The molecule has 2 rings (SSSR count). The minimum Gasteiger partial charge on any atom is -0.321 e. The van der Waals surface area contributed by atoms with E-state index in [1.165, 1.54) is 12.1 Å². The van der Waals surface area contributed by atoms with Gasteiger partial charge in [0.15, 0.2) is 0 Å². The monoisotopic (exact) mass is 388 g/mol. The SMILES string of the molecule is O=C(Nc1ccc(Cl)cc1Br)c1cc([N+](=O)[O-])ccc1Cl. The van der Waals surface area contributed by atoms with Crippen LogP contribution in [0.15, 0.2) is 40.9 Å². The molecule has 0 aliphatic carbocycles. The van der Waals surface area contributed by atoms with Crippen molar-refractivity contribution in [3.05, 3.63) is 66.6 Å². The number of nitro groups is 1. The van der Waals surface area contributed by atoms with E-state index in [1.54, 1.807) is 18.2 Å². The summed E-state index contributed by atoms with van der Waals surface area (Å²) >= 11 is 15.0. The number of hydrogen-bond donors (Lipinski definition) is 1. The van der Waals surface area contributed by atoms with Gasteiger partial charge in [-0.25, -0.2) is 0 Å². The molecule has 108 valence electrons. The molecule has 0 radical (unpaired) electrons. The van der Waals surface area contributed by atoms with Crippen LogP contribution in [0.2, 0.25) is 10.0 Å². The molecule has 0 unspecified atom stereocenters. The Hall–Kier alpha value is -1.63. The second-order valence-corrected chi connectivity index (χ2v) is 5.70. The summed E-state index contributed by atoms with van der Waals surface area (Å²) < 4.78 is 0.588. The van der Waals surface area contributed by atoms with Gasteiger partial charge in [-0.2, -0.15) is 0 Å². The van der Waals surface area contributed by atoms with Crippen LogP contribution in [0.3, 0.4) is 0 Å². The number of nitrogens with zero attached hydrogens (tertiary/aromatic N) is 1. The molecule has 0 fully saturated rings. The Morgan fingerprint density at radius 1 is 1.19 bits per heavy atom. The largest absolute Gasteiger partial charge is 0.321 e. The van der Waals surface area contributed by atoms with Crippen LogP contribution in [0.25, 0.3) is 0 Å². The lowest BCUT2D eigenvalue weighted by atomic mass is 10.2. The Bertz CT molecular complexity index is 737. The van der Waals surface area contributed by atoms with Crippen molar-refractivity contribution in [3.8, 4) is 0 Å². The molecule has 0 aromatic heterocycles. The third kappa shape index (κ3) is 3.72. The van der Waals surface area contributed by atoms with Gasteiger partial charge in [0, 0.05) is 21.6 Å². The van der Waals surface area contributed by atoms with E-state index in [-0.39, 0.29) is 16.3 Å². The highest BCUT2D eigenvalue weighted by atomic mass is 79.9. The second-order valence-electron chi connectivity index (χ2n) is 4.00. The summed E-state index contributed by atoms with van der Waals surface area (Å²) in [6.45, 7) is 0. The first-order chi connectivity index (χ1) is 9.88. The maximum atomic E-state index is 12.2. The molecule has 0 aliphatic rings. The van der Waals surface area contributed by atoms with Crippen LogP contribution in [0.5, 0.6) is 0 Å². The minimum atomic E-state index is -0.592. The van der Waals surface area contributed by atoms with Crippen molar-refractivity contribution >= 4 is 56.4 Å². The van der Waals surface area contributed by atoms with Crippen molar-refractivity contribution in [2.45, 2.75) is 0 Å². The van der Waals surface area contributed by atoms with E-state index < -0.39 is 10.8 Å². The van der Waals surface area contributed by atoms with Crippen LogP contribution in [-0.2, 0) is 0 Å². The summed E-state index contributed by atoms with van der Waals surface area (Å²) in [5.41, 5.74) is 0.291. The van der Waals surface area contributed by atoms with Crippen LogP contribution in [0.4, 0.5) is 11.4 Å². The topological polar surface area (TPSA) is 72.2 Å². The molecule has 1 amide bonds. The maximum Gasteiger partial charge on any atom is 0.270 e. The fourth-order valence-electron chi connectivity index (χ4n) is 1.58. The average molecular weight is 390 g/mol. The second kappa shape index (κ2) is 6.43. The van der Waals surface area contributed by atoms with Crippen LogP contribution >= 0.6 is 39.1 Å². The van der Waals surface area contributed by atoms with E-state index in [0.717, 1.165) is 6.07 Å². The summed E-state index contributed by atoms with van der Waals surface area (Å²) in [4.78, 5) is 22.3. The number of nitro benzene ring substituents is 1.